The maximum Gasteiger partial charge on any atom is 0.432 e. The van der Waals surface area contributed by atoms with Crippen molar-refractivity contribution in [1.29, 1.82) is 0 Å². The van der Waals surface area contributed by atoms with Crippen molar-refractivity contribution < 1.29 is 14.6 Å². The van der Waals surface area contributed by atoms with Crippen LogP contribution in [-0.4, -0.2) is 38.3 Å². The van der Waals surface area contributed by atoms with Gasteiger partial charge in [-0.15, -0.1) is 0 Å². The molecule has 0 saturated heterocycles. The fourth-order valence-corrected chi connectivity index (χ4v) is 3.12. The summed E-state index contributed by atoms with van der Waals surface area (Å²) in [4.78, 5) is 10.6. The van der Waals surface area contributed by atoms with E-state index >= 15 is 0 Å². The Bertz CT molecular complexity index is 1140. The standard InChI is InChI=1S/C13H18N2O.C8H6N2O2/c1-8-12-10(13(2,3)4)6-9(16-5)7-11(12)15-14-8;11-8(12)10-7-4-2-1-3-6(7)5-9-10/h6-7H,1-5H3,(H,14,15);1-5H,(H,11,12). The number of rotatable bonds is 1. The first-order chi connectivity index (χ1) is 13.2. The molecular weight excluding hydrogens is 356 g/mol. The highest BCUT2D eigenvalue weighted by Crippen LogP contribution is 2.34. The molecule has 146 valence electrons. The molecule has 2 aromatic heterocycles. The highest BCUT2D eigenvalue weighted by Gasteiger charge is 2.20. The van der Waals surface area contributed by atoms with E-state index < -0.39 is 6.09 Å². The average molecular weight is 380 g/mol. The Balaban J connectivity index is 0.000000167. The molecule has 2 N–H and O–H groups in total. The molecule has 2 heterocycles. The maximum absolute atomic E-state index is 10.6. The van der Waals surface area contributed by atoms with E-state index in [0.717, 1.165) is 27.0 Å². The number of nitrogens with one attached hydrogen (secondary N) is 1. The summed E-state index contributed by atoms with van der Waals surface area (Å²) in [5.74, 6) is 0.865. The lowest BCUT2D eigenvalue weighted by Crippen LogP contribution is -2.12. The van der Waals surface area contributed by atoms with Crippen LogP contribution in [0.2, 0.25) is 0 Å². The van der Waals surface area contributed by atoms with Gasteiger partial charge < -0.3 is 9.84 Å². The number of aromatic nitrogens is 4. The third-order valence-electron chi connectivity index (χ3n) is 4.51. The van der Waals surface area contributed by atoms with Crippen LogP contribution in [-0.2, 0) is 5.41 Å². The average Bonchev–Trinajstić information content (AvgIpc) is 3.24. The Morgan fingerprint density at radius 3 is 2.57 bits per heavy atom. The van der Waals surface area contributed by atoms with Crippen LogP contribution in [0.25, 0.3) is 21.8 Å². The van der Waals surface area contributed by atoms with Gasteiger partial charge in [0.2, 0.25) is 0 Å². The molecule has 0 spiro atoms. The predicted octanol–water partition coefficient (Wildman–Crippen LogP) is 4.74. The monoisotopic (exact) mass is 380 g/mol. The lowest BCUT2D eigenvalue weighted by atomic mass is 9.84. The molecule has 0 aliphatic heterocycles. The smallest absolute Gasteiger partial charge is 0.432 e. The van der Waals surface area contributed by atoms with E-state index in [1.54, 1.807) is 19.2 Å². The summed E-state index contributed by atoms with van der Waals surface area (Å²) in [5.41, 5.74) is 4.06. The van der Waals surface area contributed by atoms with E-state index in [4.69, 9.17) is 9.84 Å². The lowest BCUT2D eigenvalue weighted by Gasteiger charge is -2.21. The molecule has 0 aliphatic carbocycles. The first-order valence-electron chi connectivity index (χ1n) is 8.91. The van der Waals surface area contributed by atoms with Crippen molar-refractivity contribution in [1.82, 2.24) is 20.0 Å². The second-order valence-electron chi connectivity index (χ2n) is 7.57. The van der Waals surface area contributed by atoms with E-state index in [1.165, 1.54) is 17.1 Å². The van der Waals surface area contributed by atoms with Crippen molar-refractivity contribution in [3.8, 4) is 5.75 Å². The van der Waals surface area contributed by atoms with Crippen molar-refractivity contribution in [2.75, 3.05) is 7.11 Å². The fraction of sp³-hybridized carbons (Fsp3) is 0.286. The summed E-state index contributed by atoms with van der Waals surface area (Å²) in [7, 11) is 1.69. The number of aryl methyl sites for hydroxylation is 1. The Hall–Kier alpha value is -3.35. The zero-order valence-electron chi connectivity index (χ0n) is 16.6. The van der Waals surface area contributed by atoms with Crippen molar-refractivity contribution in [2.24, 2.45) is 0 Å². The summed E-state index contributed by atoms with van der Waals surface area (Å²) < 4.78 is 6.27. The third kappa shape index (κ3) is 3.69. The number of fused-ring (bicyclic) bond motifs is 2. The van der Waals surface area contributed by atoms with Crippen molar-refractivity contribution in [3.05, 3.63) is 53.9 Å². The number of carboxylic acid groups (broad SMARTS) is 1. The number of methoxy groups -OCH3 is 1. The SMILES string of the molecule is COc1cc(C(C)(C)C)c2c(C)[nH]nc2c1.O=C(O)n1ncc2ccccc21. The summed E-state index contributed by atoms with van der Waals surface area (Å²) in [6.07, 6.45) is 0.472. The van der Waals surface area contributed by atoms with Crippen LogP contribution in [0.3, 0.4) is 0 Å². The van der Waals surface area contributed by atoms with Crippen LogP contribution < -0.4 is 4.74 Å². The number of hydrogen-bond donors (Lipinski definition) is 2. The van der Waals surface area contributed by atoms with Gasteiger partial charge in [-0.2, -0.15) is 14.9 Å². The quantitative estimate of drug-likeness (QED) is 0.497. The minimum Gasteiger partial charge on any atom is -0.497 e. The van der Waals surface area contributed by atoms with E-state index in [-0.39, 0.29) is 5.41 Å². The Morgan fingerprint density at radius 2 is 1.93 bits per heavy atom. The number of H-pyrrole nitrogens is 1. The molecule has 4 aromatic rings. The van der Waals surface area contributed by atoms with E-state index in [1.807, 2.05) is 18.2 Å². The van der Waals surface area contributed by atoms with E-state index in [9.17, 15) is 4.79 Å². The van der Waals surface area contributed by atoms with Gasteiger partial charge in [-0.25, -0.2) is 4.79 Å². The fourth-order valence-electron chi connectivity index (χ4n) is 3.12. The van der Waals surface area contributed by atoms with Gasteiger partial charge in [0.25, 0.3) is 0 Å². The second-order valence-corrected chi connectivity index (χ2v) is 7.57. The van der Waals surface area contributed by atoms with Gasteiger partial charge in [0, 0.05) is 22.5 Å². The van der Waals surface area contributed by atoms with Gasteiger partial charge in [0.15, 0.2) is 0 Å². The molecule has 7 nitrogen and oxygen atoms in total. The van der Waals surface area contributed by atoms with Crippen LogP contribution in [0.5, 0.6) is 5.75 Å². The molecule has 0 amide bonds. The Morgan fingerprint density at radius 1 is 1.21 bits per heavy atom. The molecule has 0 saturated carbocycles. The van der Waals surface area contributed by atoms with Crippen LogP contribution in [0.15, 0.2) is 42.6 Å². The number of aromatic amines is 1. The normalized spacial score (nSPS) is 11.3. The summed E-state index contributed by atoms with van der Waals surface area (Å²) in [6, 6.07) is 11.2. The molecular formula is C21H24N4O3. The van der Waals surface area contributed by atoms with Crippen LogP contribution in [0.1, 0.15) is 32.0 Å². The van der Waals surface area contributed by atoms with Gasteiger partial charge in [0.1, 0.15) is 5.75 Å². The van der Waals surface area contributed by atoms with Crippen LogP contribution in [0, 0.1) is 6.92 Å². The van der Waals surface area contributed by atoms with Gasteiger partial charge in [-0.1, -0.05) is 39.0 Å². The van der Waals surface area contributed by atoms with Gasteiger partial charge in [-0.05, 0) is 30.0 Å². The molecule has 0 atom stereocenters. The number of carbonyl (C=O) groups is 1. The number of benzene rings is 2. The van der Waals surface area contributed by atoms with Gasteiger partial charge in [-0.3, -0.25) is 5.10 Å². The second kappa shape index (κ2) is 7.34. The van der Waals surface area contributed by atoms with Crippen molar-refractivity contribution >= 4 is 27.9 Å². The van der Waals surface area contributed by atoms with Gasteiger partial charge in [0.05, 0.1) is 24.3 Å². The molecule has 0 unspecified atom stereocenters. The molecule has 0 aliphatic rings. The maximum atomic E-state index is 10.6. The molecule has 0 fully saturated rings. The zero-order chi connectivity index (χ0) is 20.5. The first kappa shape index (κ1) is 19.4. The number of nitrogens with zero attached hydrogens (tertiary/aromatic N) is 3. The summed E-state index contributed by atoms with van der Waals surface area (Å²) in [5, 5.41) is 21.8. The molecule has 0 bridgehead atoms. The van der Waals surface area contributed by atoms with Crippen LogP contribution in [0.4, 0.5) is 4.79 Å². The lowest BCUT2D eigenvalue weighted by molar-refractivity contribution is 0.194. The zero-order valence-corrected chi connectivity index (χ0v) is 16.6. The molecule has 2 aromatic carbocycles. The van der Waals surface area contributed by atoms with Crippen LogP contribution >= 0.6 is 0 Å². The van der Waals surface area contributed by atoms with E-state index in [2.05, 4.69) is 49.1 Å². The Kier molecular flexibility index (Phi) is 5.09. The minimum atomic E-state index is -1.06. The largest absolute Gasteiger partial charge is 0.497 e. The summed E-state index contributed by atoms with van der Waals surface area (Å²) in [6.45, 7) is 8.66. The first-order valence-corrected chi connectivity index (χ1v) is 8.91. The molecule has 0 radical (unpaired) electrons. The molecule has 7 heteroatoms. The topological polar surface area (TPSA) is 93.0 Å². The molecule has 28 heavy (non-hydrogen) atoms. The minimum absolute atomic E-state index is 0.0847. The highest BCUT2D eigenvalue weighted by atomic mass is 16.5. The number of ether oxygens (including phenoxy) is 1. The van der Waals surface area contributed by atoms with Crippen molar-refractivity contribution in [2.45, 2.75) is 33.1 Å². The Labute approximate surface area is 162 Å². The third-order valence-corrected chi connectivity index (χ3v) is 4.51. The van der Waals surface area contributed by atoms with E-state index in [0.29, 0.717) is 5.52 Å². The predicted molar refractivity (Wildman–Crippen MR) is 109 cm³/mol. The molecule has 4 rings (SSSR count). The highest BCUT2D eigenvalue weighted by molar-refractivity contribution is 5.87. The number of para-hydroxylation sites is 1. The summed E-state index contributed by atoms with van der Waals surface area (Å²) >= 11 is 0. The van der Waals surface area contributed by atoms with Gasteiger partial charge >= 0.3 is 6.09 Å². The number of hydrogen-bond acceptors (Lipinski definition) is 4. The van der Waals surface area contributed by atoms with Crippen molar-refractivity contribution in [3.63, 3.8) is 0 Å².